The van der Waals surface area contributed by atoms with Crippen molar-refractivity contribution in [2.45, 2.75) is 6.54 Å². The maximum atomic E-state index is 13.3. The second-order valence-corrected chi connectivity index (χ2v) is 4.69. The average molecular weight is 311 g/mol. The van der Waals surface area contributed by atoms with Gasteiger partial charge in [-0.2, -0.15) is 0 Å². The van der Waals surface area contributed by atoms with E-state index in [-0.39, 0.29) is 16.5 Å². The number of nitro groups is 1. The maximum Gasteiger partial charge on any atom is 0.313 e. The number of nitrogens with one attached hydrogen (secondary N) is 1. The highest BCUT2D eigenvalue weighted by atomic mass is 35.5. The normalized spacial score (nSPS) is 10.4. The lowest BCUT2D eigenvalue weighted by molar-refractivity contribution is -0.385. The smallest absolute Gasteiger partial charge is 0.313 e. The highest BCUT2D eigenvalue weighted by Gasteiger charge is 2.17. The van der Waals surface area contributed by atoms with E-state index in [1.807, 2.05) is 0 Å². The zero-order valence-corrected chi connectivity index (χ0v) is 11.9. The van der Waals surface area contributed by atoms with Crippen molar-refractivity contribution in [3.63, 3.8) is 0 Å². The number of halogens is 2. The highest BCUT2D eigenvalue weighted by Crippen LogP contribution is 2.35. The van der Waals surface area contributed by atoms with Crippen molar-refractivity contribution in [2.24, 2.45) is 0 Å². The van der Waals surface area contributed by atoms with Gasteiger partial charge in [0.15, 0.2) is 0 Å². The van der Waals surface area contributed by atoms with Gasteiger partial charge >= 0.3 is 5.69 Å². The van der Waals surface area contributed by atoms with Crippen LogP contribution in [0, 0.1) is 15.9 Å². The Balaban J connectivity index is 2.40. The van der Waals surface area contributed by atoms with Crippen LogP contribution in [0.5, 0.6) is 11.5 Å². The molecule has 21 heavy (non-hydrogen) atoms. The van der Waals surface area contributed by atoms with Gasteiger partial charge in [-0.3, -0.25) is 10.1 Å². The van der Waals surface area contributed by atoms with Crippen LogP contribution < -0.4 is 10.1 Å². The summed E-state index contributed by atoms with van der Waals surface area (Å²) in [6.07, 6.45) is 0. The molecule has 2 aromatic rings. The van der Waals surface area contributed by atoms with Crippen LogP contribution >= 0.6 is 11.6 Å². The lowest BCUT2D eigenvalue weighted by Gasteiger charge is -2.11. The van der Waals surface area contributed by atoms with E-state index in [1.54, 1.807) is 7.05 Å². The molecule has 0 aliphatic heterocycles. The van der Waals surface area contributed by atoms with Gasteiger partial charge in [0, 0.05) is 23.2 Å². The zero-order valence-electron chi connectivity index (χ0n) is 11.1. The van der Waals surface area contributed by atoms with Crippen molar-refractivity contribution in [1.29, 1.82) is 0 Å². The summed E-state index contributed by atoms with van der Waals surface area (Å²) in [5, 5.41) is 14.1. The van der Waals surface area contributed by atoms with E-state index in [2.05, 4.69) is 5.32 Å². The molecule has 0 aliphatic carbocycles. The largest absolute Gasteiger partial charge is 0.450 e. The molecule has 0 bridgehead atoms. The zero-order chi connectivity index (χ0) is 15.4. The molecular formula is C14H12ClFN2O3. The van der Waals surface area contributed by atoms with Gasteiger partial charge in [0.2, 0.25) is 5.75 Å². The number of rotatable bonds is 5. The molecule has 0 aliphatic rings. The molecule has 0 unspecified atom stereocenters. The van der Waals surface area contributed by atoms with Crippen molar-refractivity contribution >= 4 is 17.3 Å². The van der Waals surface area contributed by atoms with Crippen molar-refractivity contribution in [3.8, 4) is 11.5 Å². The van der Waals surface area contributed by atoms with Gasteiger partial charge in [0.25, 0.3) is 0 Å². The van der Waals surface area contributed by atoms with Crippen LogP contribution in [0.4, 0.5) is 10.1 Å². The Morgan fingerprint density at radius 1 is 1.29 bits per heavy atom. The third-order valence-corrected chi connectivity index (χ3v) is 2.96. The van der Waals surface area contributed by atoms with Gasteiger partial charge in [0.1, 0.15) is 11.6 Å². The minimum absolute atomic E-state index is 0.0494. The predicted molar refractivity (Wildman–Crippen MR) is 77.3 cm³/mol. The number of nitro benzene ring substituents is 1. The Hall–Kier alpha value is -2.18. The van der Waals surface area contributed by atoms with E-state index in [0.29, 0.717) is 17.9 Å². The van der Waals surface area contributed by atoms with E-state index in [9.17, 15) is 14.5 Å². The fourth-order valence-electron chi connectivity index (χ4n) is 1.81. The molecule has 0 radical (unpaired) electrons. The number of nitrogens with zero attached hydrogens (tertiary/aromatic N) is 1. The molecule has 2 aromatic carbocycles. The number of hydrogen-bond donors (Lipinski definition) is 1. The SMILES string of the molecule is CNCc1cc(F)ccc1Oc1ccc(Cl)cc1[N+](=O)[O-]. The van der Waals surface area contributed by atoms with Crippen LogP contribution in [-0.2, 0) is 6.54 Å². The minimum Gasteiger partial charge on any atom is -0.450 e. The molecule has 1 N–H and O–H groups in total. The van der Waals surface area contributed by atoms with Crippen molar-refractivity contribution < 1.29 is 14.1 Å². The molecule has 0 heterocycles. The fraction of sp³-hybridized carbons (Fsp3) is 0.143. The summed E-state index contributed by atoms with van der Waals surface area (Å²) in [4.78, 5) is 10.4. The van der Waals surface area contributed by atoms with Gasteiger partial charge in [-0.05, 0) is 37.4 Å². The van der Waals surface area contributed by atoms with Gasteiger partial charge in [0.05, 0.1) is 4.92 Å². The van der Waals surface area contributed by atoms with E-state index < -0.39 is 10.7 Å². The third-order valence-electron chi connectivity index (χ3n) is 2.73. The number of benzene rings is 2. The predicted octanol–water partition coefficient (Wildman–Crippen LogP) is 3.90. The Bertz CT molecular complexity index is 679. The first-order valence-corrected chi connectivity index (χ1v) is 6.44. The molecule has 0 amide bonds. The maximum absolute atomic E-state index is 13.3. The molecular weight excluding hydrogens is 299 g/mol. The first-order valence-electron chi connectivity index (χ1n) is 6.06. The van der Waals surface area contributed by atoms with E-state index in [1.165, 1.54) is 36.4 Å². The number of hydrogen-bond acceptors (Lipinski definition) is 4. The Morgan fingerprint density at radius 3 is 2.67 bits per heavy atom. The first kappa shape index (κ1) is 15.2. The molecule has 0 aromatic heterocycles. The summed E-state index contributed by atoms with van der Waals surface area (Å²) in [5.74, 6) is -0.0114. The molecule has 5 nitrogen and oxygen atoms in total. The lowest BCUT2D eigenvalue weighted by Crippen LogP contribution is -2.07. The number of ether oxygens (including phenoxy) is 1. The van der Waals surface area contributed by atoms with Gasteiger partial charge in [-0.1, -0.05) is 11.6 Å². The summed E-state index contributed by atoms with van der Waals surface area (Å²) >= 11 is 5.75. The Labute approximate surface area is 125 Å². The van der Waals surface area contributed by atoms with Gasteiger partial charge in [-0.25, -0.2) is 4.39 Å². The summed E-state index contributed by atoms with van der Waals surface area (Å²) in [5.41, 5.74) is 0.309. The van der Waals surface area contributed by atoms with Crippen LogP contribution in [0.15, 0.2) is 36.4 Å². The second-order valence-electron chi connectivity index (χ2n) is 4.25. The van der Waals surface area contributed by atoms with Crippen molar-refractivity contribution in [2.75, 3.05) is 7.05 Å². The van der Waals surface area contributed by atoms with Crippen molar-refractivity contribution in [3.05, 3.63) is 62.9 Å². The summed E-state index contributed by atoms with van der Waals surface area (Å²) < 4.78 is 18.8. The fourth-order valence-corrected chi connectivity index (χ4v) is 1.98. The molecule has 2 rings (SSSR count). The van der Waals surface area contributed by atoms with Crippen LogP contribution in [0.1, 0.15) is 5.56 Å². The summed E-state index contributed by atoms with van der Waals surface area (Å²) in [7, 11) is 1.71. The first-order chi connectivity index (χ1) is 10.0. The molecule has 0 fully saturated rings. The minimum atomic E-state index is -0.581. The lowest BCUT2D eigenvalue weighted by atomic mass is 10.2. The standard InChI is InChI=1S/C14H12ClFN2O3/c1-17-8-9-6-11(16)3-5-13(9)21-14-4-2-10(15)7-12(14)18(19)20/h2-7,17H,8H2,1H3. The van der Waals surface area contributed by atoms with Gasteiger partial charge < -0.3 is 10.1 Å². The van der Waals surface area contributed by atoms with Crippen LogP contribution in [-0.4, -0.2) is 12.0 Å². The second kappa shape index (κ2) is 6.51. The van der Waals surface area contributed by atoms with E-state index >= 15 is 0 Å². The van der Waals surface area contributed by atoms with E-state index in [4.69, 9.17) is 16.3 Å². The Kier molecular flexibility index (Phi) is 4.72. The van der Waals surface area contributed by atoms with Gasteiger partial charge in [-0.15, -0.1) is 0 Å². The quantitative estimate of drug-likeness (QED) is 0.672. The highest BCUT2D eigenvalue weighted by molar-refractivity contribution is 6.30. The van der Waals surface area contributed by atoms with Crippen LogP contribution in [0.3, 0.4) is 0 Å². The Morgan fingerprint density at radius 2 is 2.00 bits per heavy atom. The topological polar surface area (TPSA) is 64.4 Å². The molecule has 0 atom stereocenters. The molecule has 7 heteroatoms. The van der Waals surface area contributed by atoms with E-state index in [0.717, 1.165) is 0 Å². The summed E-state index contributed by atoms with van der Waals surface area (Å²) in [6, 6.07) is 8.08. The third kappa shape index (κ3) is 3.68. The molecule has 0 saturated carbocycles. The average Bonchev–Trinajstić information content (AvgIpc) is 2.43. The summed E-state index contributed by atoms with van der Waals surface area (Å²) in [6.45, 7) is 0.370. The molecule has 110 valence electrons. The molecule has 0 spiro atoms. The van der Waals surface area contributed by atoms with Crippen molar-refractivity contribution in [1.82, 2.24) is 5.32 Å². The monoisotopic (exact) mass is 310 g/mol. The van der Waals surface area contributed by atoms with Crippen LogP contribution in [0.25, 0.3) is 0 Å². The van der Waals surface area contributed by atoms with Crippen LogP contribution in [0.2, 0.25) is 5.02 Å². The molecule has 0 saturated heterocycles.